The standard InChI is InChI=1S/C13H15BrClF/c1-13(8-14,10-3-4-10)7-9-2-5-11(15)12(16)6-9/h2,5-6,10H,3-4,7-8H2,1H3. The Morgan fingerprint density at radius 1 is 1.50 bits per heavy atom. The van der Waals surface area contributed by atoms with E-state index in [4.69, 9.17) is 11.6 Å². The lowest BCUT2D eigenvalue weighted by atomic mass is 9.81. The predicted octanol–water partition coefficient (Wildman–Crippen LogP) is 4.83. The van der Waals surface area contributed by atoms with Gasteiger partial charge in [0, 0.05) is 5.33 Å². The van der Waals surface area contributed by atoms with Crippen molar-refractivity contribution in [3.8, 4) is 0 Å². The van der Waals surface area contributed by atoms with Gasteiger partial charge in [0.15, 0.2) is 0 Å². The van der Waals surface area contributed by atoms with Crippen LogP contribution in [0.25, 0.3) is 0 Å². The molecule has 1 aromatic rings. The van der Waals surface area contributed by atoms with Crippen LogP contribution in [0.2, 0.25) is 5.02 Å². The number of benzene rings is 1. The molecule has 1 fully saturated rings. The van der Waals surface area contributed by atoms with E-state index in [1.165, 1.54) is 12.8 Å². The zero-order valence-corrected chi connectivity index (χ0v) is 11.6. The number of halogens is 3. The molecule has 16 heavy (non-hydrogen) atoms. The molecule has 0 nitrogen and oxygen atoms in total. The normalized spacial score (nSPS) is 19.5. The van der Waals surface area contributed by atoms with Gasteiger partial charge in [0.25, 0.3) is 0 Å². The summed E-state index contributed by atoms with van der Waals surface area (Å²) in [5, 5.41) is 1.17. The first-order chi connectivity index (χ1) is 7.55. The van der Waals surface area contributed by atoms with Gasteiger partial charge in [-0.3, -0.25) is 0 Å². The molecule has 1 atom stereocenters. The molecule has 1 unspecified atom stereocenters. The monoisotopic (exact) mass is 304 g/mol. The summed E-state index contributed by atoms with van der Waals surface area (Å²) in [5.41, 5.74) is 1.29. The number of alkyl halides is 1. The fraction of sp³-hybridized carbons (Fsp3) is 0.538. The van der Waals surface area contributed by atoms with Crippen molar-refractivity contribution >= 4 is 27.5 Å². The summed E-state index contributed by atoms with van der Waals surface area (Å²) in [6.07, 6.45) is 3.52. The quantitative estimate of drug-likeness (QED) is 0.699. The average Bonchev–Trinajstić information content (AvgIpc) is 3.07. The Kier molecular flexibility index (Phi) is 3.60. The van der Waals surface area contributed by atoms with Gasteiger partial charge in [-0.1, -0.05) is 40.5 Å². The molecule has 0 spiro atoms. The molecule has 88 valence electrons. The number of hydrogen-bond acceptors (Lipinski definition) is 0. The molecule has 1 aliphatic carbocycles. The van der Waals surface area contributed by atoms with Crippen LogP contribution in [0.1, 0.15) is 25.3 Å². The molecule has 1 aliphatic rings. The lowest BCUT2D eigenvalue weighted by Crippen LogP contribution is -2.24. The molecule has 0 aliphatic heterocycles. The summed E-state index contributed by atoms with van der Waals surface area (Å²) < 4.78 is 13.3. The highest BCUT2D eigenvalue weighted by atomic mass is 79.9. The van der Waals surface area contributed by atoms with Crippen molar-refractivity contribution in [1.82, 2.24) is 0 Å². The van der Waals surface area contributed by atoms with E-state index in [1.54, 1.807) is 12.1 Å². The van der Waals surface area contributed by atoms with Crippen LogP contribution >= 0.6 is 27.5 Å². The zero-order chi connectivity index (χ0) is 11.8. The number of hydrogen-bond donors (Lipinski definition) is 0. The third kappa shape index (κ3) is 2.60. The van der Waals surface area contributed by atoms with Crippen molar-refractivity contribution in [2.75, 3.05) is 5.33 Å². The van der Waals surface area contributed by atoms with Crippen molar-refractivity contribution < 1.29 is 4.39 Å². The minimum atomic E-state index is -0.313. The van der Waals surface area contributed by atoms with Crippen molar-refractivity contribution in [2.45, 2.75) is 26.2 Å². The highest BCUT2D eigenvalue weighted by molar-refractivity contribution is 9.09. The second-order valence-electron chi connectivity index (χ2n) is 4.99. The molecular formula is C13H15BrClF. The second-order valence-corrected chi connectivity index (χ2v) is 5.96. The zero-order valence-electron chi connectivity index (χ0n) is 9.27. The maximum atomic E-state index is 13.3. The highest BCUT2D eigenvalue weighted by Crippen LogP contribution is 2.48. The molecule has 0 saturated heterocycles. The van der Waals surface area contributed by atoms with Crippen LogP contribution in [0.5, 0.6) is 0 Å². The van der Waals surface area contributed by atoms with Gasteiger partial charge < -0.3 is 0 Å². The Morgan fingerprint density at radius 3 is 2.69 bits per heavy atom. The van der Waals surface area contributed by atoms with Gasteiger partial charge in [0.05, 0.1) is 5.02 Å². The van der Waals surface area contributed by atoms with Gasteiger partial charge in [-0.2, -0.15) is 0 Å². The third-order valence-corrected chi connectivity index (χ3v) is 5.05. The molecule has 1 saturated carbocycles. The van der Waals surface area contributed by atoms with E-state index < -0.39 is 0 Å². The van der Waals surface area contributed by atoms with E-state index >= 15 is 0 Å². The lowest BCUT2D eigenvalue weighted by Gasteiger charge is -2.27. The van der Waals surface area contributed by atoms with E-state index in [-0.39, 0.29) is 16.3 Å². The molecule has 0 bridgehead atoms. The maximum absolute atomic E-state index is 13.3. The molecule has 0 amide bonds. The number of rotatable bonds is 4. The smallest absolute Gasteiger partial charge is 0.142 e. The van der Waals surface area contributed by atoms with Gasteiger partial charge in [-0.25, -0.2) is 4.39 Å². The van der Waals surface area contributed by atoms with Crippen LogP contribution in [0, 0.1) is 17.2 Å². The molecule has 0 aromatic heterocycles. The van der Waals surface area contributed by atoms with E-state index in [0.717, 1.165) is 23.2 Å². The molecule has 3 heteroatoms. The Bertz CT molecular complexity index is 390. The summed E-state index contributed by atoms with van der Waals surface area (Å²) in [7, 11) is 0. The van der Waals surface area contributed by atoms with Gasteiger partial charge in [0.1, 0.15) is 5.82 Å². The summed E-state index contributed by atoms with van der Waals surface area (Å²) in [6, 6.07) is 5.13. The highest BCUT2D eigenvalue weighted by Gasteiger charge is 2.40. The fourth-order valence-corrected chi connectivity index (χ4v) is 2.97. The molecule has 0 heterocycles. The van der Waals surface area contributed by atoms with Gasteiger partial charge in [-0.15, -0.1) is 0 Å². The molecule has 1 aromatic carbocycles. The SMILES string of the molecule is CC(CBr)(Cc1ccc(Cl)c(F)c1)C1CC1. The van der Waals surface area contributed by atoms with Gasteiger partial charge in [0.2, 0.25) is 0 Å². The van der Waals surface area contributed by atoms with Crippen LogP contribution in [0.4, 0.5) is 4.39 Å². The van der Waals surface area contributed by atoms with Gasteiger partial charge >= 0.3 is 0 Å². The molecular weight excluding hydrogens is 290 g/mol. The van der Waals surface area contributed by atoms with Crippen LogP contribution in [0.3, 0.4) is 0 Å². The fourth-order valence-electron chi connectivity index (χ4n) is 2.20. The minimum absolute atomic E-state index is 0.204. The van der Waals surface area contributed by atoms with E-state index in [0.29, 0.717) is 0 Å². The largest absolute Gasteiger partial charge is 0.205 e. The first-order valence-electron chi connectivity index (χ1n) is 5.55. The topological polar surface area (TPSA) is 0 Å². The van der Waals surface area contributed by atoms with Crippen LogP contribution in [-0.4, -0.2) is 5.33 Å². The average molecular weight is 306 g/mol. The summed E-state index contributed by atoms with van der Waals surface area (Å²) >= 11 is 9.26. The first kappa shape index (κ1) is 12.4. The molecule has 0 radical (unpaired) electrons. The van der Waals surface area contributed by atoms with Crippen molar-refractivity contribution in [2.24, 2.45) is 11.3 Å². The van der Waals surface area contributed by atoms with Crippen molar-refractivity contribution in [3.63, 3.8) is 0 Å². The Balaban J connectivity index is 2.15. The van der Waals surface area contributed by atoms with Crippen LogP contribution in [-0.2, 0) is 6.42 Å². The predicted molar refractivity (Wildman–Crippen MR) is 69.7 cm³/mol. The van der Waals surface area contributed by atoms with Crippen molar-refractivity contribution in [1.29, 1.82) is 0 Å². The Morgan fingerprint density at radius 2 is 2.19 bits per heavy atom. The Labute approximate surface area is 109 Å². The lowest BCUT2D eigenvalue weighted by molar-refractivity contribution is 0.318. The second kappa shape index (κ2) is 4.66. The first-order valence-corrected chi connectivity index (χ1v) is 7.05. The maximum Gasteiger partial charge on any atom is 0.142 e. The van der Waals surface area contributed by atoms with Gasteiger partial charge in [-0.05, 0) is 48.3 Å². The van der Waals surface area contributed by atoms with Crippen molar-refractivity contribution in [3.05, 3.63) is 34.6 Å². The van der Waals surface area contributed by atoms with Crippen LogP contribution in [0.15, 0.2) is 18.2 Å². The summed E-state index contributed by atoms with van der Waals surface area (Å²) in [6.45, 7) is 2.27. The molecule has 2 rings (SSSR count). The van der Waals surface area contributed by atoms with E-state index in [1.807, 2.05) is 6.07 Å². The Hall–Kier alpha value is -0.0800. The van der Waals surface area contributed by atoms with Crippen LogP contribution < -0.4 is 0 Å². The molecule has 0 N–H and O–H groups in total. The minimum Gasteiger partial charge on any atom is -0.205 e. The van der Waals surface area contributed by atoms with E-state index in [9.17, 15) is 4.39 Å². The summed E-state index contributed by atoms with van der Waals surface area (Å²) in [5.74, 6) is 0.470. The third-order valence-electron chi connectivity index (χ3n) is 3.46. The summed E-state index contributed by atoms with van der Waals surface area (Å²) in [4.78, 5) is 0. The van der Waals surface area contributed by atoms with E-state index in [2.05, 4.69) is 22.9 Å².